The van der Waals surface area contributed by atoms with Crippen LogP contribution in [-0.4, -0.2) is 37.1 Å². The second kappa shape index (κ2) is 9.61. The van der Waals surface area contributed by atoms with Crippen molar-refractivity contribution >= 4 is 40.2 Å². The molecule has 0 saturated carbocycles. The van der Waals surface area contributed by atoms with Crippen LogP contribution in [0.25, 0.3) is 10.9 Å². The number of benzene rings is 2. The molecule has 29 heavy (non-hydrogen) atoms. The molecule has 6 heteroatoms. The lowest BCUT2D eigenvalue weighted by Crippen LogP contribution is -3.10. The van der Waals surface area contributed by atoms with Gasteiger partial charge in [-0.15, -0.1) is 0 Å². The minimum absolute atomic E-state index is 0.0296. The zero-order valence-corrected chi connectivity index (χ0v) is 17.9. The number of quaternary nitrogens is 1. The zero-order chi connectivity index (χ0) is 20.1. The van der Waals surface area contributed by atoms with Gasteiger partial charge in [0.15, 0.2) is 0 Å². The van der Waals surface area contributed by atoms with Crippen LogP contribution in [-0.2, 0) is 0 Å². The van der Waals surface area contributed by atoms with Crippen molar-refractivity contribution < 1.29 is 9.69 Å². The molecule has 0 aliphatic carbocycles. The highest BCUT2D eigenvalue weighted by Crippen LogP contribution is 2.30. The third kappa shape index (κ3) is 5.30. The number of carbonyl (C=O) groups is 1. The molecule has 4 rings (SSSR count). The molecule has 1 amide bonds. The van der Waals surface area contributed by atoms with Gasteiger partial charge in [0.1, 0.15) is 5.03 Å². The number of aromatic nitrogens is 1. The molecule has 1 aliphatic rings. The lowest BCUT2D eigenvalue weighted by molar-refractivity contribution is -0.887. The van der Waals surface area contributed by atoms with E-state index in [2.05, 4.69) is 5.32 Å². The third-order valence-electron chi connectivity index (χ3n) is 5.28. The van der Waals surface area contributed by atoms with Crippen molar-refractivity contribution in [2.75, 3.05) is 26.2 Å². The highest BCUT2D eigenvalue weighted by atomic mass is 35.5. The number of fused-ring (bicyclic) bond motifs is 1. The van der Waals surface area contributed by atoms with Crippen LogP contribution in [0.4, 0.5) is 0 Å². The van der Waals surface area contributed by atoms with Crippen LogP contribution >= 0.6 is 23.4 Å². The van der Waals surface area contributed by atoms with Crippen molar-refractivity contribution in [2.45, 2.75) is 29.2 Å². The Balaban J connectivity index is 1.48. The Morgan fingerprint density at radius 1 is 1.10 bits per heavy atom. The topological polar surface area (TPSA) is 46.4 Å². The average molecular weight is 427 g/mol. The highest BCUT2D eigenvalue weighted by Gasteiger charge is 2.16. The smallest absolute Gasteiger partial charge is 0.252 e. The molecule has 2 heterocycles. The van der Waals surface area contributed by atoms with E-state index in [9.17, 15) is 4.79 Å². The van der Waals surface area contributed by atoms with Gasteiger partial charge in [0.05, 0.1) is 30.7 Å². The standard InChI is InChI=1S/C23H24ClN3OS/c24-17-8-10-18(11-9-17)29-22-16-20(19-6-1-2-7-21(19)26-22)23(28)25-12-5-15-27-13-3-4-14-27/h1-2,6-11,16H,3-5,12-15H2,(H,25,28)/p+1. The number of para-hydroxylation sites is 1. The van der Waals surface area contributed by atoms with Crippen LogP contribution in [0.5, 0.6) is 0 Å². The Bertz CT molecular complexity index is 987. The van der Waals surface area contributed by atoms with Gasteiger partial charge in [0.2, 0.25) is 0 Å². The molecule has 1 saturated heterocycles. The lowest BCUT2D eigenvalue weighted by Gasteiger charge is -2.13. The summed E-state index contributed by atoms with van der Waals surface area (Å²) in [5.74, 6) is -0.0296. The van der Waals surface area contributed by atoms with E-state index < -0.39 is 0 Å². The number of carbonyl (C=O) groups excluding carboxylic acids is 1. The summed E-state index contributed by atoms with van der Waals surface area (Å²) in [4.78, 5) is 20.4. The fourth-order valence-electron chi connectivity index (χ4n) is 3.78. The molecule has 150 valence electrons. The second-order valence-corrected chi connectivity index (χ2v) is 8.93. The van der Waals surface area contributed by atoms with Crippen LogP contribution < -0.4 is 10.2 Å². The van der Waals surface area contributed by atoms with Crippen LogP contribution in [0.1, 0.15) is 29.6 Å². The van der Waals surface area contributed by atoms with Gasteiger partial charge in [-0.3, -0.25) is 4.79 Å². The van der Waals surface area contributed by atoms with E-state index in [1.165, 1.54) is 37.7 Å². The Hall–Kier alpha value is -2.08. The van der Waals surface area contributed by atoms with Gasteiger partial charge in [0, 0.05) is 41.1 Å². The van der Waals surface area contributed by atoms with Gasteiger partial charge < -0.3 is 10.2 Å². The average Bonchev–Trinajstić information content (AvgIpc) is 3.26. The predicted octanol–water partition coefficient (Wildman–Crippen LogP) is 3.84. The van der Waals surface area contributed by atoms with E-state index in [0.29, 0.717) is 17.1 Å². The third-order valence-corrected chi connectivity index (χ3v) is 6.45. The number of pyridine rings is 1. The minimum Gasteiger partial charge on any atom is -0.352 e. The molecule has 1 aromatic heterocycles. The molecule has 0 unspecified atom stereocenters. The van der Waals surface area contributed by atoms with Crippen LogP contribution in [0.15, 0.2) is 64.5 Å². The van der Waals surface area contributed by atoms with Crippen molar-refractivity contribution in [3.63, 3.8) is 0 Å². The molecule has 0 radical (unpaired) electrons. The van der Waals surface area contributed by atoms with Crippen LogP contribution in [0.2, 0.25) is 5.02 Å². The number of hydrogen-bond acceptors (Lipinski definition) is 3. The van der Waals surface area contributed by atoms with Gasteiger partial charge in [-0.25, -0.2) is 4.98 Å². The molecule has 0 atom stereocenters. The summed E-state index contributed by atoms with van der Waals surface area (Å²) < 4.78 is 0. The van der Waals surface area contributed by atoms with Crippen molar-refractivity contribution in [3.8, 4) is 0 Å². The molecule has 4 nitrogen and oxygen atoms in total. The highest BCUT2D eigenvalue weighted by molar-refractivity contribution is 7.99. The number of amides is 1. The quantitative estimate of drug-likeness (QED) is 0.564. The predicted molar refractivity (Wildman–Crippen MR) is 119 cm³/mol. The molecule has 2 aromatic carbocycles. The normalized spacial score (nSPS) is 14.4. The molecule has 2 N–H and O–H groups in total. The number of nitrogens with zero attached hydrogens (tertiary/aromatic N) is 1. The maximum absolute atomic E-state index is 12.9. The maximum atomic E-state index is 12.9. The zero-order valence-electron chi connectivity index (χ0n) is 16.3. The van der Waals surface area contributed by atoms with E-state index in [-0.39, 0.29) is 5.91 Å². The Morgan fingerprint density at radius 2 is 1.86 bits per heavy atom. The largest absolute Gasteiger partial charge is 0.352 e. The summed E-state index contributed by atoms with van der Waals surface area (Å²) in [6, 6.07) is 17.4. The van der Waals surface area contributed by atoms with E-state index in [1.807, 2.05) is 54.6 Å². The van der Waals surface area contributed by atoms with Gasteiger partial charge in [-0.1, -0.05) is 41.6 Å². The fourth-order valence-corrected chi connectivity index (χ4v) is 4.74. The Labute approximate surface area is 180 Å². The van der Waals surface area contributed by atoms with Gasteiger partial charge in [0.25, 0.3) is 5.91 Å². The van der Waals surface area contributed by atoms with Crippen LogP contribution in [0, 0.1) is 0 Å². The van der Waals surface area contributed by atoms with Crippen molar-refractivity contribution in [3.05, 3.63) is 65.2 Å². The van der Waals surface area contributed by atoms with Gasteiger partial charge in [-0.05, 0) is 36.4 Å². The van der Waals surface area contributed by atoms with E-state index in [1.54, 1.807) is 4.90 Å². The lowest BCUT2D eigenvalue weighted by atomic mass is 10.1. The van der Waals surface area contributed by atoms with Gasteiger partial charge >= 0.3 is 0 Å². The first-order chi connectivity index (χ1) is 14.2. The van der Waals surface area contributed by atoms with E-state index >= 15 is 0 Å². The summed E-state index contributed by atoms with van der Waals surface area (Å²) in [7, 11) is 0. The molecule has 0 spiro atoms. The van der Waals surface area contributed by atoms with Crippen molar-refractivity contribution in [2.24, 2.45) is 0 Å². The first-order valence-electron chi connectivity index (χ1n) is 10.1. The first kappa shape index (κ1) is 20.2. The van der Waals surface area contributed by atoms with E-state index in [0.717, 1.165) is 33.8 Å². The summed E-state index contributed by atoms with van der Waals surface area (Å²) in [5.41, 5.74) is 1.51. The summed E-state index contributed by atoms with van der Waals surface area (Å²) in [5, 5.41) is 5.50. The van der Waals surface area contributed by atoms with Gasteiger partial charge in [-0.2, -0.15) is 0 Å². The van der Waals surface area contributed by atoms with Crippen molar-refractivity contribution in [1.82, 2.24) is 10.3 Å². The van der Waals surface area contributed by atoms with Crippen LogP contribution in [0.3, 0.4) is 0 Å². The number of likely N-dealkylation sites (tertiary alicyclic amines) is 1. The molecule has 3 aromatic rings. The maximum Gasteiger partial charge on any atom is 0.252 e. The summed E-state index contributed by atoms with van der Waals surface area (Å²) in [6.45, 7) is 4.39. The Kier molecular flexibility index (Phi) is 6.70. The Morgan fingerprint density at radius 3 is 2.66 bits per heavy atom. The molecule has 1 fully saturated rings. The molecule has 1 aliphatic heterocycles. The molecular formula is C23H25ClN3OS+. The number of rotatable bonds is 7. The SMILES string of the molecule is O=C(NCCC[NH+]1CCCC1)c1cc(Sc2ccc(Cl)cc2)nc2ccccc12. The first-order valence-corrected chi connectivity index (χ1v) is 11.3. The van der Waals surface area contributed by atoms with Crippen molar-refractivity contribution in [1.29, 1.82) is 0 Å². The summed E-state index contributed by atoms with van der Waals surface area (Å²) in [6.07, 6.45) is 3.67. The summed E-state index contributed by atoms with van der Waals surface area (Å²) >= 11 is 7.52. The second-order valence-electron chi connectivity index (χ2n) is 7.40. The monoisotopic (exact) mass is 426 g/mol. The number of nitrogens with one attached hydrogen (secondary N) is 2. The number of halogens is 1. The van der Waals surface area contributed by atoms with E-state index in [4.69, 9.17) is 16.6 Å². The molecule has 0 bridgehead atoms. The molecular weight excluding hydrogens is 402 g/mol. The number of hydrogen-bond donors (Lipinski definition) is 2. The fraction of sp³-hybridized carbons (Fsp3) is 0.304. The minimum atomic E-state index is -0.0296.